The highest BCUT2D eigenvalue weighted by atomic mass is 79.9. The molecular weight excluding hydrogens is 278 g/mol. The van der Waals surface area contributed by atoms with E-state index in [0.29, 0.717) is 0 Å². The van der Waals surface area contributed by atoms with Crippen LogP contribution in [0.5, 0.6) is 0 Å². The minimum atomic E-state index is -0.313. The Morgan fingerprint density at radius 2 is 1.82 bits per heavy atom. The molecule has 4 heteroatoms. The Bertz CT molecular complexity index is 367. The van der Waals surface area contributed by atoms with Gasteiger partial charge in [0.05, 0.1) is 10.0 Å². The minimum Gasteiger partial charge on any atom is -0.319 e. The Morgan fingerprint density at radius 1 is 1.29 bits per heavy atom. The summed E-state index contributed by atoms with van der Waals surface area (Å²) in [5.74, 6) is 2.36. The fourth-order valence-electron chi connectivity index (χ4n) is 2.61. The van der Waals surface area contributed by atoms with Crippen LogP contribution in [-0.2, 0) is 5.54 Å². The number of hydrogen-bond donors (Lipinski definition) is 1. The third-order valence-corrected chi connectivity index (χ3v) is 4.34. The Labute approximate surface area is 111 Å². The number of aromatic nitrogens is 2. The monoisotopic (exact) mass is 297 g/mol. The van der Waals surface area contributed by atoms with Crippen molar-refractivity contribution in [2.45, 2.75) is 45.1 Å². The van der Waals surface area contributed by atoms with E-state index in [1.165, 1.54) is 12.8 Å². The Balaban J connectivity index is 2.09. The lowest BCUT2D eigenvalue weighted by Crippen LogP contribution is -2.42. The Kier molecular flexibility index (Phi) is 3.83. The molecule has 1 fully saturated rings. The Morgan fingerprint density at radius 3 is 2.29 bits per heavy atom. The van der Waals surface area contributed by atoms with Gasteiger partial charge in [-0.15, -0.1) is 0 Å². The van der Waals surface area contributed by atoms with Crippen LogP contribution in [0.15, 0.2) is 16.9 Å². The summed E-state index contributed by atoms with van der Waals surface area (Å²) in [6, 6.07) is 0. The highest BCUT2D eigenvalue weighted by molar-refractivity contribution is 9.10. The normalized spacial score (nSPS) is 29.6. The summed E-state index contributed by atoms with van der Waals surface area (Å²) in [6.45, 7) is 4.59. The molecule has 2 rings (SSSR count). The molecule has 17 heavy (non-hydrogen) atoms. The summed E-state index contributed by atoms with van der Waals surface area (Å²) in [5, 5.41) is 0. The van der Waals surface area contributed by atoms with Gasteiger partial charge in [0.2, 0.25) is 0 Å². The van der Waals surface area contributed by atoms with Gasteiger partial charge in [-0.1, -0.05) is 13.8 Å². The second kappa shape index (κ2) is 5.02. The van der Waals surface area contributed by atoms with Gasteiger partial charge in [0, 0.05) is 12.4 Å². The summed E-state index contributed by atoms with van der Waals surface area (Å²) < 4.78 is 0.903. The van der Waals surface area contributed by atoms with Gasteiger partial charge in [0.1, 0.15) is 5.82 Å². The molecule has 3 nitrogen and oxygen atoms in total. The zero-order chi connectivity index (χ0) is 12.5. The van der Waals surface area contributed by atoms with E-state index >= 15 is 0 Å². The van der Waals surface area contributed by atoms with E-state index in [4.69, 9.17) is 5.73 Å². The number of nitrogens with zero attached hydrogens (tertiary/aromatic N) is 2. The van der Waals surface area contributed by atoms with Crippen molar-refractivity contribution in [3.8, 4) is 0 Å². The molecule has 0 radical (unpaired) electrons. The zero-order valence-corrected chi connectivity index (χ0v) is 12.1. The molecule has 1 aromatic heterocycles. The fraction of sp³-hybridized carbons (Fsp3) is 0.692. The van der Waals surface area contributed by atoms with Gasteiger partial charge in [-0.25, -0.2) is 9.97 Å². The number of rotatable bonds is 2. The van der Waals surface area contributed by atoms with Crippen LogP contribution in [0, 0.1) is 11.8 Å². The van der Waals surface area contributed by atoms with Crippen LogP contribution in [0.4, 0.5) is 0 Å². The lowest BCUT2D eigenvalue weighted by molar-refractivity contribution is 0.189. The predicted octanol–water partition coefficient (Wildman–Crippen LogP) is 3.24. The van der Waals surface area contributed by atoms with Gasteiger partial charge in [-0.3, -0.25) is 0 Å². The summed E-state index contributed by atoms with van der Waals surface area (Å²) >= 11 is 3.35. The van der Waals surface area contributed by atoms with Crippen LogP contribution in [0.2, 0.25) is 0 Å². The third kappa shape index (κ3) is 2.86. The van der Waals surface area contributed by atoms with Gasteiger partial charge < -0.3 is 5.73 Å². The SMILES string of the molecule is CC(C)C1CCC(N)(c2ncc(Br)cn2)CC1. The van der Waals surface area contributed by atoms with E-state index in [9.17, 15) is 0 Å². The first-order chi connectivity index (χ1) is 8.01. The first-order valence-electron chi connectivity index (χ1n) is 6.28. The number of halogens is 1. The molecule has 0 bridgehead atoms. The molecule has 0 aromatic carbocycles. The average Bonchev–Trinajstić information content (AvgIpc) is 2.30. The minimum absolute atomic E-state index is 0.313. The van der Waals surface area contributed by atoms with Gasteiger partial charge in [0.25, 0.3) is 0 Å². The average molecular weight is 298 g/mol. The van der Waals surface area contributed by atoms with E-state index in [-0.39, 0.29) is 5.54 Å². The van der Waals surface area contributed by atoms with E-state index in [0.717, 1.165) is 35.0 Å². The summed E-state index contributed by atoms with van der Waals surface area (Å²) in [6.07, 6.45) is 7.94. The van der Waals surface area contributed by atoms with Gasteiger partial charge in [0.15, 0.2) is 0 Å². The lowest BCUT2D eigenvalue weighted by atomic mass is 9.73. The molecule has 0 amide bonds. The molecule has 1 aliphatic rings. The molecule has 0 aliphatic heterocycles. The van der Waals surface area contributed by atoms with Crippen molar-refractivity contribution in [2.24, 2.45) is 17.6 Å². The highest BCUT2D eigenvalue weighted by Gasteiger charge is 2.36. The second-order valence-corrected chi connectivity index (χ2v) is 6.38. The van der Waals surface area contributed by atoms with Crippen LogP contribution in [0.25, 0.3) is 0 Å². The lowest BCUT2D eigenvalue weighted by Gasteiger charge is -2.37. The van der Waals surface area contributed by atoms with Crippen molar-refractivity contribution in [1.82, 2.24) is 9.97 Å². The molecule has 94 valence electrons. The van der Waals surface area contributed by atoms with Gasteiger partial charge in [-0.05, 0) is 53.4 Å². The molecule has 0 atom stereocenters. The first kappa shape index (κ1) is 13.0. The van der Waals surface area contributed by atoms with Crippen LogP contribution in [0.1, 0.15) is 45.4 Å². The van der Waals surface area contributed by atoms with Crippen molar-refractivity contribution >= 4 is 15.9 Å². The molecule has 0 saturated heterocycles. The fourth-order valence-corrected chi connectivity index (χ4v) is 2.82. The van der Waals surface area contributed by atoms with E-state index in [1.54, 1.807) is 12.4 Å². The molecular formula is C13H20BrN3. The van der Waals surface area contributed by atoms with Crippen LogP contribution in [-0.4, -0.2) is 9.97 Å². The largest absolute Gasteiger partial charge is 0.319 e. The summed E-state index contributed by atoms with van der Waals surface area (Å²) in [4.78, 5) is 8.72. The molecule has 0 unspecified atom stereocenters. The van der Waals surface area contributed by atoms with Gasteiger partial charge >= 0.3 is 0 Å². The summed E-state index contributed by atoms with van der Waals surface area (Å²) in [5.41, 5.74) is 6.14. The standard InChI is InChI=1S/C13H20BrN3/c1-9(2)10-3-5-13(15,6-4-10)12-16-7-11(14)8-17-12/h7-10H,3-6,15H2,1-2H3. The van der Waals surface area contributed by atoms with Crippen molar-refractivity contribution in [3.05, 3.63) is 22.7 Å². The molecule has 1 saturated carbocycles. The highest BCUT2D eigenvalue weighted by Crippen LogP contribution is 2.38. The Hall–Kier alpha value is -0.480. The molecule has 0 spiro atoms. The first-order valence-corrected chi connectivity index (χ1v) is 7.07. The number of hydrogen-bond acceptors (Lipinski definition) is 3. The molecule has 1 aromatic rings. The van der Waals surface area contributed by atoms with Crippen LogP contribution >= 0.6 is 15.9 Å². The van der Waals surface area contributed by atoms with Crippen molar-refractivity contribution in [3.63, 3.8) is 0 Å². The summed E-state index contributed by atoms with van der Waals surface area (Å²) in [7, 11) is 0. The van der Waals surface area contributed by atoms with E-state index < -0.39 is 0 Å². The van der Waals surface area contributed by atoms with Crippen molar-refractivity contribution < 1.29 is 0 Å². The quantitative estimate of drug-likeness (QED) is 0.912. The van der Waals surface area contributed by atoms with Crippen LogP contribution in [0.3, 0.4) is 0 Å². The predicted molar refractivity (Wildman–Crippen MR) is 72.4 cm³/mol. The zero-order valence-electron chi connectivity index (χ0n) is 10.5. The van der Waals surface area contributed by atoms with E-state index in [2.05, 4.69) is 39.7 Å². The maximum absolute atomic E-state index is 6.45. The molecule has 1 heterocycles. The van der Waals surface area contributed by atoms with E-state index in [1.807, 2.05) is 0 Å². The second-order valence-electron chi connectivity index (χ2n) is 5.46. The molecule has 2 N–H and O–H groups in total. The topological polar surface area (TPSA) is 51.8 Å². The van der Waals surface area contributed by atoms with Crippen molar-refractivity contribution in [1.29, 1.82) is 0 Å². The maximum Gasteiger partial charge on any atom is 0.148 e. The van der Waals surface area contributed by atoms with Crippen molar-refractivity contribution in [2.75, 3.05) is 0 Å². The third-order valence-electron chi connectivity index (χ3n) is 3.93. The smallest absolute Gasteiger partial charge is 0.148 e. The maximum atomic E-state index is 6.45. The van der Waals surface area contributed by atoms with Crippen LogP contribution < -0.4 is 5.73 Å². The molecule has 1 aliphatic carbocycles. The van der Waals surface area contributed by atoms with Gasteiger partial charge in [-0.2, -0.15) is 0 Å². The number of nitrogens with two attached hydrogens (primary N) is 1.